The van der Waals surface area contributed by atoms with Crippen LogP contribution in [-0.4, -0.2) is 23.0 Å². The van der Waals surface area contributed by atoms with E-state index in [9.17, 15) is 4.79 Å². The van der Waals surface area contributed by atoms with Crippen molar-refractivity contribution in [2.75, 3.05) is 12.4 Å². The van der Waals surface area contributed by atoms with Crippen LogP contribution in [0.2, 0.25) is 0 Å². The maximum Gasteiger partial charge on any atom is 0.357 e. The lowest BCUT2D eigenvalue weighted by atomic mass is 10.4. The first-order valence-electron chi connectivity index (χ1n) is 4.88. The molecule has 0 atom stereocenters. The Kier molecular flexibility index (Phi) is 3.70. The van der Waals surface area contributed by atoms with Gasteiger partial charge in [-0.25, -0.2) is 14.8 Å². The van der Waals surface area contributed by atoms with Gasteiger partial charge in [0.1, 0.15) is 5.01 Å². The van der Waals surface area contributed by atoms with Crippen molar-refractivity contribution < 1.29 is 9.53 Å². The standard InChI is InChI=1S/C10H11N3O2S2/c1-6-8(9(14)15-2)13-10(17-6)12-5-7-11-3-4-16-7/h3-4H,5H2,1-2H3,(H,12,13). The molecule has 0 amide bonds. The molecule has 2 aromatic heterocycles. The Bertz CT molecular complexity index is 508. The number of ether oxygens (including phenoxy) is 1. The van der Waals surface area contributed by atoms with E-state index in [4.69, 9.17) is 0 Å². The van der Waals surface area contributed by atoms with E-state index in [2.05, 4.69) is 20.0 Å². The molecule has 90 valence electrons. The van der Waals surface area contributed by atoms with Crippen molar-refractivity contribution in [1.29, 1.82) is 0 Å². The molecule has 0 saturated heterocycles. The molecule has 0 bridgehead atoms. The number of carbonyl (C=O) groups excluding carboxylic acids is 1. The molecule has 0 aliphatic heterocycles. The lowest BCUT2D eigenvalue weighted by Gasteiger charge is -1.97. The highest BCUT2D eigenvalue weighted by molar-refractivity contribution is 7.15. The maximum absolute atomic E-state index is 11.4. The molecule has 5 nitrogen and oxygen atoms in total. The van der Waals surface area contributed by atoms with Gasteiger partial charge < -0.3 is 10.1 Å². The molecule has 0 fully saturated rings. The minimum Gasteiger partial charge on any atom is -0.464 e. The van der Waals surface area contributed by atoms with E-state index in [1.807, 2.05) is 12.3 Å². The van der Waals surface area contributed by atoms with E-state index in [1.54, 1.807) is 17.5 Å². The molecule has 2 heterocycles. The number of aromatic nitrogens is 2. The van der Waals surface area contributed by atoms with Gasteiger partial charge in [0.15, 0.2) is 10.8 Å². The van der Waals surface area contributed by atoms with E-state index < -0.39 is 5.97 Å². The van der Waals surface area contributed by atoms with Gasteiger partial charge in [0, 0.05) is 16.5 Å². The van der Waals surface area contributed by atoms with Crippen molar-refractivity contribution in [3.8, 4) is 0 Å². The Morgan fingerprint density at radius 1 is 1.59 bits per heavy atom. The van der Waals surface area contributed by atoms with E-state index in [0.717, 1.165) is 9.88 Å². The second kappa shape index (κ2) is 5.24. The van der Waals surface area contributed by atoms with Crippen LogP contribution in [0.15, 0.2) is 11.6 Å². The number of methoxy groups -OCH3 is 1. The summed E-state index contributed by atoms with van der Waals surface area (Å²) in [6.45, 7) is 2.46. The molecule has 0 spiro atoms. The number of hydrogen-bond donors (Lipinski definition) is 1. The van der Waals surface area contributed by atoms with Crippen LogP contribution in [0.4, 0.5) is 5.13 Å². The molecule has 0 saturated carbocycles. The summed E-state index contributed by atoms with van der Waals surface area (Å²) in [4.78, 5) is 20.6. The monoisotopic (exact) mass is 269 g/mol. The van der Waals surface area contributed by atoms with Gasteiger partial charge in [-0.1, -0.05) is 0 Å². The summed E-state index contributed by atoms with van der Waals surface area (Å²) in [6.07, 6.45) is 1.76. The molecule has 17 heavy (non-hydrogen) atoms. The predicted molar refractivity (Wildman–Crippen MR) is 67.6 cm³/mol. The van der Waals surface area contributed by atoms with Gasteiger partial charge in [0.2, 0.25) is 0 Å². The fourth-order valence-electron chi connectivity index (χ4n) is 1.25. The van der Waals surface area contributed by atoms with Gasteiger partial charge in [0.05, 0.1) is 13.7 Å². The Labute approximate surface area is 106 Å². The minimum absolute atomic E-state index is 0.374. The SMILES string of the molecule is COC(=O)c1nc(NCc2nccs2)sc1C. The largest absolute Gasteiger partial charge is 0.464 e. The minimum atomic E-state index is -0.402. The molecule has 2 aromatic rings. The molecule has 0 radical (unpaired) electrons. The number of nitrogens with one attached hydrogen (secondary N) is 1. The topological polar surface area (TPSA) is 64.1 Å². The van der Waals surface area contributed by atoms with Crippen LogP contribution >= 0.6 is 22.7 Å². The fraction of sp³-hybridized carbons (Fsp3) is 0.300. The van der Waals surface area contributed by atoms with E-state index >= 15 is 0 Å². The highest BCUT2D eigenvalue weighted by atomic mass is 32.1. The van der Waals surface area contributed by atoms with Gasteiger partial charge >= 0.3 is 5.97 Å². The van der Waals surface area contributed by atoms with Crippen LogP contribution in [0.5, 0.6) is 0 Å². The van der Waals surface area contributed by atoms with Crippen molar-refractivity contribution in [1.82, 2.24) is 9.97 Å². The van der Waals surface area contributed by atoms with Crippen LogP contribution < -0.4 is 5.32 Å². The number of nitrogens with zero attached hydrogens (tertiary/aromatic N) is 2. The smallest absolute Gasteiger partial charge is 0.357 e. The maximum atomic E-state index is 11.4. The summed E-state index contributed by atoms with van der Waals surface area (Å²) in [5.74, 6) is -0.402. The molecule has 2 rings (SSSR count). The lowest BCUT2D eigenvalue weighted by Crippen LogP contribution is -2.04. The van der Waals surface area contributed by atoms with Crippen molar-refractivity contribution in [3.05, 3.63) is 27.2 Å². The molecule has 0 aliphatic carbocycles. The van der Waals surface area contributed by atoms with Gasteiger partial charge in [-0.3, -0.25) is 0 Å². The summed E-state index contributed by atoms with van der Waals surface area (Å²) in [5, 5.41) is 6.75. The normalized spacial score (nSPS) is 10.2. The van der Waals surface area contributed by atoms with E-state index in [0.29, 0.717) is 17.4 Å². The molecular weight excluding hydrogens is 258 g/mol. The molecular formula is C10H11N3O2S2. The van der Waals surface area contributed by atoms with Crippen LogP contribution in [0.25, 0.3) is 0 Å². The number of carbonyl (C=O) groups is 1. The fourth-order valence-corrected chi connectivity index (χ4v) is 2.60. The Hall–Kier alpha value is -1.47. The quantitative estimate of drug-likeness (QED) is 0.863. The van der Waals surface area contributed by atoms with Gasteiger partial charge in [-0.05, 0) is 6.92 Å². The van der Waals surface area contributed by atoms with Gasteiger partial charge in [-0.15, -0.1) is 22.7 Å². The first kappa shape index (κ1) is 12.0. The van der Waals surface area contributed by atoms with Gasteiger partial charge in [0.25, 0.3) is 0 Å². The number of rotatable bonds is 4. The average Bonchev–Trinajstić information content (AvgIpc) is 2.94. The summed E-state index contributed by atoms with van der Waals surface area (Å²) < 4.78 is 4.65. The van der Waals surface area contributed by atoms with E-state index in [-0.39, 0.29) is 0 Å². The number of hydrogen-bond acceptors (Lipinski definition) is 7. The number of aryl methyl sites for hydroxylation is 1. The van der Waals surface area contributed by atoms with Crippen LogP contribution in [0, 0.1) is 6.92 Å². The molecule has 0 aliphatic rings. The third-order valence-corrected chi connectivity index (χ3v) is 3.76. The zero-order chi connectivity index (χ0) is 12.3. The van der Waals surface area contributed by atoms with Crippen LogP contribution in [0.1, 0.15) is 20.4 Å². The first-order valence-corrected chi connectivity index (χ1v) is 6.58. The molecule has 7 heteroatoms. The summed E-state index contributed by atoms with van der Waals surface area (Å²) in [5.41, 5.74) is 0.374. The molecule has 0 unspecified atom stereocenters. The summed E-state index contributed by atoms with van der Waals surface area (Å²) >= 11 is 3.01. The van der Waals surface area contributed by atoms with Crippen molar-refractivity contribution in [3.63, 3.8) is 0 Å². The third kappa shape index (κ3) is 2.80. The molecule has 0 aromatic carbocycles. The highest BCUT2D eigenvalue weighted by Crippen LogP contribution is 2.23. The Morgan fingerprint density at radius 3 is 3.06 bits per heavy atom. The number of anilines is 1. The highest BCUT2D eigenvalue weighted by Gasteiger charge is 2.15. The van der Waals surface area contributed by atoms with Crippen molar-refractivity contribution in [2.24, 2.45) is 0 Å². The second-order valence-corrected chi connectivity index (χ2v) is 5.38. The van der Waals surface area contributed by atoms with Crippen LogP contribution in [-0.2, 0) is 11.3 Å². The Morgan fingerprint density at radius 2 is 2.41 bits per heavy atom. The van der Waals surface area contributed by atoms with Gasteiger partial charge in [-0.2, -0.15) is 0 Å². The lowest BCUT2D eigenvalue weighted by molar-refractivity contribution is 0.0594. The molecule has 1 N–H and O–H groups in total. The Balaban J connectivity index is 2.05. The number of thiazole rings is 2. The second-order valence-electron chi connectivity index (χ2n) is 3.19. The summed E-state index contributed by atoms with van der Waals surface area (Å²) in [7, 11) is 1.35. The third-order valence-electron chi connectivity index (χ3n) is 2.05. The number of esters is 1. The zero-order valence-corrected chi connectivity index (χ0v) is 11.0. The van der Waals surface area contributed by atoms with Crippen LogP contribution in [0.3, 0.4) is 0 Å². The van der Waals surface area contributed by atoms with Crippen molar-refractivity contribution in [2.45, 2.75) is 13.5 Å². The predicted octanol–water partition coefficient (Wildman–Crippen LogP) is 2.31. The first-order chi connectivity index (χ1) is 8.20. The van der Waals surface area contributed by atoms with Crippen molar-refractivity contribution >= 4 is 33.8 Å². The van der Waals surface area contributed by atoms with E-state index in [1.165, 1.54) is 18.4 Å². The zero-order valence-electron chi connectivity index (χ0n) is 9.39. The average molecular weight is 269 g/mol. The summed E-state index contributed by atoms with van der Waals surface area (Å²) in [6, 6.07) is 0.